The lowest BCUT2D eigenvalue weighted by molar-refractivity contribution is 1.10. The molecule has 0 radical (unpaired) electrons. The van der Waals surface area contributed by atoms with Gasteiger partial charge in [0.25, 0.3) is 0 Å². The fourth-order valence-corrected chi connectivity index (χ4v) is 2.22. The van der Waals surface area contributed by atoms with Crippen LogP contribution in [-0.2, 0) is 0 Å². The van der Waals surface area contributed by atoms with Crippen LogP contribution in [0.3, 0.4) is 0 Å². The molecule has 0 aliphatic carbocycles. The van der Waals surface area contributed by atoms with Crippen LogP contribution in [-0.4, -0.2) is 10.2 Å². The molecule has 1 aromatic carbocycles. The summed E-state index contributed by atoms with van der Waals surface area (Å²) in [6.07, 6.45) is 0. The SMILES string of the molecule is Cc1c(Br)ccc(-c2[nH]nc(N)c2C#N)c1Cl. The van der Waals surface area contributed by atoms with Crippen LogP contribution in [0.15, 0.2) is 16.6 Å². The fourth-order valence-electron chi connectivity index (χ4n) is 1.52. The van der Waals surface area contributed by atoms with Crippen molar-refractivity contribution in [2.75, 3.05) is 5.73 Å². The first-order valence-corrected chi connectivity index (χ1v) is 5.92. The number of benzene rings is 1. The van der Waals surface area contributed by atoms with Gasteiger partial charge < -0.3 is 5.73 Å². The molecule has 0 unspecified atom stereocenters. The first kappa shape index (κ1) is 12.0. The summed E-state index contributed by atoms with van der Waals surface area (Å²) in [5.41, 5.74) is 8.07. The molecule has 0 spiro atoms. The Bertz CT molecular complexity index is 627. The Labute approximate surface area is 112 Å². The molecule has 0 atom stereocenters. The zero-order valence-electron chi connectivity index (χ0n) is 8.88. The van der Waals surface area contributed by atoms with E-state index in [9.17, 15) is 0 Å². The van der Waals surface area contributed by atoms with Crippen molar-refractivity contribution in [3.63, 3.8) is 0 Å². The maximum Gasteiger partial charge on any atom is 0.163 e. The third-order valence-electron chi connectivity index (χ3n) is 2.50. The van der Waals surface area contributed by atoms with Gasteiger partial charge in [-0.1, -0.05) is 33.6 Å². The first-order valence-electron chi connectivity index (χ1n) is 4.75. The van der Waals surface area contributed by atoms with Gasteiger partial charge in [-0.15, -0.1) is 0 Å². The van der Waals surface area contributed by atoms with Gasteiger partial charge in [0.05, 0.1) is 10.7 Å². The monoisotopic (exact) mass is 310 g/mol. The van der Waals surface area contributed by atoms with Crippen molar-refractivity contribution >= 4 is 33.3 Å². The number of aromatic amines is 1. The molecule has 86 valence electrons. The van der Waals surface area contributed by atoms with Gasteiger partial charge in [0.1, 0.15) is 11.6 Å². The van der Waals surface area contributed by atoms with Crippen LogP contribution in [0.5, 0.6) is 0 Å². The standard InChI is InChI=1S/C11H8BrClN4/c1-5-8(12)3-2-6(9(5)13)10-7(4-14)11(15)17-16-10/h2-3H,1H3,(H3,15,16,17). The third-order valence-corrected chi connectivity index (χ3v) is 3.84. The van der Waals surface area contributed by atoms with Crippen molar-refractivity contribution in [2.45, 2.75) is 6.92 Å². The Morgan fingerprint density at radius 2 is 2.24 bits per heavy atom. The molecule has 0 fully saturated rings. The summed E-state index contributed by atoms with van der Waals surface area (Å²) in [6, 6.07) is 5.70. The van der Waals surface area contributed by atoms with Crippen molar-refractivity contribution in [2.24, 2.45) is 0 Å². The van der Waals surface area contributed by atoms with E-state index < -0.39 is 0 Å². The van der Waals surface area contributed by atoms with Crippen LogP contribution in [0.25, 0.3) is 11.3 Å². The normalized spacial score (nSPS) is 10.2. The summed E-state index contributed by atoms with van der Waals surface area (Å²) in [5, 5.41) is 16.1. The average molecular weight is 312 g/mol. The fraction of sp³-hybridized carbons (Fsp3) is 0.0909. The average Bonchev–Trinajstić information content (AvgIpc) is 2.67. The summed E-state index contributed by atoms with van der Waals surface area (Å²) in [4.78, 5) is 0. The van der Waals surface area contributed by atoms with E-state index in [1.807, 2.05) is 25.1 Å². The number of rotatable bonds is 1. The van der Waals surface area contributed by atoms with E-state index in [0.717, 1.165) is 10.0 Å². The van der Waals surface area contributed by atoms with Crippen LogP contribution in [0.1, 0.15) is 11.1 Å². The molecule has 1 heterocycles. The Morgan fingerprint density at radius 1 is 1.53 bits per heavy atom. The van der Waals surface area contributed by atoms with E-state index >= 15 is 0 Å². The lowest BCUT2D eigenvalue weighted by Crippen LogP contribution is -1.89. The third kappa shape index (κ3) is 1.90. The Kier molecular flexibility index (Phi) is 3.09. The molecule has 0 bridgehead atoms. The zero-order valence-corrected chi connectivity index (χ0v) is 11.2. The van der Waals surface area contributed by atoms with Crippen LogP contribution >= 0.6 is 27.5 Å². The number of nitrogens with two attached hydrogens (primary N) is 1. The number of aromatic nitrogens is 2. The highest BCUT2D eigenvalue weighted by molar-refractivity contribution is 9.10. The molecule has 1 aromatic heterocycles. The van der Waals surface area contributed by atoms with Gasteiger partial charge in [-0.3, -0.25) is 5.10 Å². The first-order chi connectivity index (χ1) is 8.06. The largest absolute Gasteiger partial charge is 0.381 e. The lowest BCUT2D eigenvalue weighted by atomic mass is 10.1. The summed E-state index contributed by atoms with van der Waals surface area (Å²) in [7, 11) is 0. The Morgan fingerprint density at radius 3 is 2.88 bits per heavy atom. The van der Waals surface area contributed by atoms with Gasteiger partial charge in [0, 0.05) is 10.0 Å². The van der Waals surface area contributed by atoms with Gasteiger partial charge in [-0.25, -0.2) is 0 Å². The number of nitrogens with zero attached hydrogens (tertiary/aromatic N) is 2. The van der Waals surface area contributed by atoms with Crippen LogP contribution in [0.2, 0.25) is 5.02 Å². The predicted molar refractivity (Wildman–Crippen MR) is 70.6 cm³/mol. The van der Waals surface area contributed by atoms with E-state index in [-0.39, 0.29) is 5.82 Å². The predicted octanol–water partition coefficient (Wildman–Crippen LogP) is 3.25. The minimum absolute atomic E-state index is 0.180. The van der Waals surface area contributed by atoms with Gasteiger partial charge in [-0.05, 0) is 18.6 Å². The number of anilines is 1. The van der Waals surface area contributed by atoms with E-state index in [0.29, 0.717) is 21.8 Å². The molecular formula is C11H8BrClN4. The van der Waals surface area contributed by atoms with E-state index in [4.69, 9.17) is 22.6 Å². The number of nitriles is 1. The molecule has 2 aromatic rings. The zero-order chi connectivity index (χ0) is 12.6. The van der Waals surface area contributed by atoms with E-state index in [2.05, 4.69) is 26.1 Å². The number of nitrogens with one attached hydrogen (secondary N) is 1. The maximum absolute atomic E-state index is 9.02. The highest BCUT2D eigenvalue weighted by atomic mass is 79.9. The highest BCUT2D eigenvalue weighted by Crippen LogP contribution is 2.35. The lowest BCUT2D eigenvalue weighted by Gasteiger charge is -2.07. The second kappa shape index (κ2) is 4.40. The van der Waals surface area contributed by atoms with Crippen molar-refractivity contribution in [1.29, 1.82) is 5.26 Å². The number of nitrogen functional groups attached to an aromatic ring is 1. The number of hydrogen-bond donors (Lipinski definition) is 2. The summed E-state index contributed by atoms with van der Waals surface area (Å²) in [6.45, 7) is 1.89. The molecule has 4 nitrogen and oxygen atoms in total. The smallest absolute Gasteiger partial charge is 0.163 e. The molecule has 0 amide bonds. The van der Waals surface area contributed by atoms with Gasteiger partial charge in [0.15, 0.2) is 5.82 Å². The molecule has 0 aliphatic heterocycles. The van der Waals surface area contributed by atoms with Crippen molar-refractivity contribution in [3.05, 3.63) is 32.8 Å². The molecule has 0 saturated heterocycles. The number of halogens is 2. The highest BCUT2D eigenvalue weighted by Gasteiger charge is 2.16. The Hall–Kier alpha value is -1.51. The summed E-state index contributed by atoms with van der Waals surface area (Å²) in [5.74, 6) is 0.180. The van der Waals surface area contributed by atoms with Crippen LogP contribution in [0.4, 0.5) is 5.82 Å². The molecule has 6 heteroatoms. The molecule has 2 rings (SSSR count). The van der Waals surface area contributed by atoms with Crippen molar-refractivity contribution in [3.8, 4) is 17.3 Å². The molecule has 3 N–H and O–H groups in total. The summed E-state index contributed by atoms with van der Waals surface area (Å²) >= 11 is 9.64. The van der Waals surface area contributed by atoms with Crippen molar-refractivity contribution < 1.29 is 0 Å². The molecular weight excluding hydrogens is 304 g/mol. The maximum atomic E-state index is 9.02. The summed E-state index contributed by atoms with van der Waals surface area (Å²) < 4.78 is 0.914. The number of hydrogen-bond acceptors (Lipinski definition) is 3. The van der Waals surface area contributed by atoms with Crippen LogP contribution < -0.4 is 5.73 Å². The quantitative estimate of drug-likeness (QED) is 0.848. The molecule has 0 aliphatic rings. The van der Waals surface area contributed by atoms with Gasteiger partial charge in [0.2, 0.25) is 0 Å². The minimum atomic E-state index is 0.180. The van der Waals surface area contributed by atoms with Crippen LogP contribution in [0, 0.1) is 18.3 Å². The molecule has 17 heavy (non-hydrogen) atoms. The van der Waals surface area contributed by atoms with Gasteiger partial charge >= 0.3 is 0 Å². The molecule has 0 saturated carbocycles. The number of H-pyrrole nitrogens is 1. The van der Waals surface area contributed by atoms with E-state index in [1.54, 1.807) is 0 Å². The minimum Gasteiger partial charge on any atom is -0.381 e. The second-order valence-electron chi connectivity index (χ2n) is 3.50. The topological polar surface area (TPSA) is 78.5 Å². The van der Waals surface area contributed by atoms with E-state index in [1.165, 1.54) is 0 Å². The van der Waals surface area contributed by atoms with Crippen molar-refractivity contribution in [1.82, 2.24) is 10.2 Å². The van der Waals surface area contributed by atoms with Gasteiger partial charge in [-0.2, -0.15) is 10.4 Å². The second-order valence-corrected chi connectivity index (χ2v) is 4.74. The Balaban J connectivity index is 2.70.